The SMILES string of the molecule is O=C(O)CCC(=O)NCc1cccc(OCCOc2ccc(F)cc2)c1. The number of rotatable bonds is 10. The second-order valence-electron chi connectivity index (χ2n) is 5.47. The van der Waals surface area contributed by atoms with E-state index in [1.54, 1.807) is 30.3 Å². The van der Waals surface area contributed by atoms with Gasteiger partial charge in [0.25, 0.3) is 0 Å². The monoisotopic (exact) mass is 361 g/mol. The predicted molar refractivity (Wildman–Crippen MR) is 92.5 cm³/mol. The van der Waals surface area contributed by atoms with Gasteiger partial charge >= 0.3 is 5.97 Å². The number of carbonyl (C=O) groups is 2. The van der Waals surface area contributed by atoms with Crippen molar-refractivity contribution < 1.29 is 28.6 Å². The van der Waals surface area contributed by atoms with Gasteiger partial charge < -0.3 is 19.9 Å². The number of aliphatic carboxylic acids is 1. The van der Waals surface area contributed by atoms with Gasteiger partial charge in [0.05, 0.1) is 6.42 Å². The molecule has 2 aromatic rings. The summed E-state index contributed by atoms with van der Waals surface area (Å²) in [6.07, 6.45) is -0.241. The Bertz CT molecular complexity index is 733. The Hall–Kier alpha value is -3.09. The molecule has 0 saturated heterocycles. The van der Waals surface area contributed by atoms with Crippen molar-refractivity contribution in [3.8, 4) is 11.5 Å². The Morgan fingerprint density at radius 2 is 1.65 bits per heavy atom. The van der Waals surface area contributed by atoms with E-state index < -0.39 is 5.97 Å². The van der Waals surface area contributed by atoms with Crippen LogP contribution in [-0.2, 0) is 16.1 Å². The number of nitrogens with one attached hydrogen (secondary N) is 1. The molecule has 0 heterocycles. The fraction of sp³-hybridized carbons (Fsp3) is 0.263. The van der Waals surface area contributed by atoms with Crippen LogP contribution in [0.5, 0.6) is 11.5 Å². The van der Waals surface area contributed by atoms with E-state index in [0.717, 1.165) is 5.56 Å². The third-order valence-corrected chi connectivity index (χ3v) is 3.39. The molecule has 0 unspecified atom stereocenters. The number of hydrogen-bond donors (Lipinski definition) is 2. The highest BCUT2D eigenvalue weighted by Crippen LogP contribution is 2.14. The lowest BCUT2D eigenvalue weighted by Gasteiger charge is -2.10. The number of carbonyl (C=O) groups excluding carboxylic acids is 1. The highest BCUT2D eigenvalue weighted by Gasteiger charge is 2.05. The maximum absolute atomic E-state index is 12.8. The number of hydrogen-bond acceptors (Lipinski definition) is 4. The molecule has 1 amide bonds. The number of ether oxygens (including phenoxy) is 2. The molecule has 0 aliphatic carbocycles. The number of benzene rings is 2. The van der Waals surface area contributed by atoms with Crippen LogP contribution < -0.4 is 14.8 Å². The Morgan fingerprint density at radius 3 is 2.35 bits per heavy atom. The van der Waals surface area contributed by atoms with E-state index in [4.69, 9.17) is 14.6 Å². The molecule has 138 valence electrons. The van der Waals surface area contributed by atoms with Crippen LogP contribution in [0.3, 0.4) is 0 Å². The van der Waals surface area contributed by atoms with Crippen LogP contribution in [0.15, 0.2) is 48.5 Å². The van der Waals surface area contributed by atoms with Crippen molar-refractivity contribution in [2.75, 3.05) is 13.2 Å². The van der Waals surface area contributed by atoms with E-state index in [0.29, 0.717) is 31.3 Å². The summed E-state index contributed by atoms with van der Waals surface area (Å²) in [4.78, 5) is 22.0. The van der Waals surface area contributed by atoms with Crippen LogP contribution in [0.1, 0.15) is 18.4 Å². The first-order valence-corrected chi connectivity index (χ1v) is 8.11. The Morgan fingerprint density at radius 1 is 0.962 bits per heavy atom. The van der Waals surface area contributed by atoms with Crippen molar-refractivity contribution in [1.29, 1.82) is 0 Å². The zero-order chi connectivity index (χ0) is 18.8. The van der Waals surface area contributed by atoms with Gasteiger partial charge in [-0.2, -0.15) is 0 Å². The molecule has 0 saturated carbocycles. The topological polar surface area (TPSA) is 84.9 Å². The van der Waals surface area contributed by atoms with Gasteiger partial charge in [-0.25, -0.2) is 4.39 Å². The van der Waals surface area contributed by atoms with Gasteiger partial charge in [-0.1, -0.05) is 12.1 Å². The summed E-state index contributed by atoms with van der Waals surface area (Å²) in [6, 6.07) is 12.9. The summed E-state index contributed by atoms with van der Waals surface area (Å²) in [7, 11) is 0. The second kappa shape index (κ2) is 10.0. The van der Waals surface area contributed by atoms with Crippen molar-refractivity contribution in [3.05, 3.63) is 59.9 Å². The second-order valence-corrected chi connectivity index (χ2v) is 5.47. The van der Waals surface area contributed by atoms with E-state index >= 15 is 0 Å². The first-order chi connectivity index (χ1) is 12.5. The van der Waals surface area contributed by atoms with Crippen LogP contribution in [0.2, 0.25) is 0 Å². The summed E-state index contributed by atoms with van der Waals surface area (Å²) >= 11 is 0. The van der Waals surface area contributed by atoms with Crippen molar-refractivity contribution in [2.45, 2.75) is 19.4 Å². The lowest BCUT2D eigenvalue weighted by atomic mass is 10.2. The molecule has 2 aromatic carbocycles. The van der Waals surface area contributed by atoms with Crippen molar-refractivity contribution >= 4 is 11.9 Å². The average Bonchev–Trinajstić information content (AvgIpc) is 2.63. The third kappa shape index (κ3) is 7.21. The lowest BCUT2D eigenvalue weighted by molar-refractivity contribution is -0.138. The molecule has 0 radical (unpaired) electrons. The smallest absolute Gasteiger partial charge is 0.303 e. The summed E-state index contributed by atoms with van der Waals surface area (Å²) in [6.45, 7) is 0.912. The molecule has 0 aromatic heterocycles. The maximum atomic E-state index is 12.8. The zero-order valence-electron chi connectivity index (χ0n) is 14.1. The largest absolute Gasteiger partial charge is 0.490 e. The summed E-state index contributed by atoms with van der Waals surface area (Å²) in [5.74, 6) is -0.442. The highest BCUT2D eigenvalue weighted by atomic mass is 19.1. The van der Waals surface area contributed by atoms with Crippen LogP contribution in [0, 0.1) is 5.82 Å². The Kier molecular flexibility index (Phi) is 7.42. The predicted octanol–water partition coefficient (Wildman–Crippen LogP) is 2.76. The van der Waals surface area contributed by atoms with E-state index in [2.05, 4.69) is 5.32 Å². The lowest BCUT2D eigenvalue weighted by Crippen LogP contribution is -2.23. The average molecular weight is 361 g/mol. The van der Waals surface area contributed by atoms with Crippen molar-refractivity contribution in [2.24, 2.45) is 0 Å². The van der Waals surface area contributed by atoms with Gasteiger partial charge in [-0.3, -0.25) is 9.59 Å². The van der Waals surface area contributed by atoms with Crippen LogP contribution in [0.25, 0.3) is 0 Å². The molecule has 6 nitrogen and oxygen atoms in total. The minimum Gasteiger partial charge on any atom is -0.490 e. The number of carboxylic acid groups (broad SMARTS) is 1. The Balaban J connectivity index is 1.71. The number of halogens is 1. The molecule has 2 N–H and O–H groups in total. The quantitative estimate of drug-likeness (QED) is 0.636. The normalized spacial score (nSPS) is 10.2. The zero-order valence-corrected chi connectivity index (χ0v) is 14.1. The first-order valence-electron chi connectivity index (χ1n) is 8.11. The summed E-state index contributed by atoms with van der Waals surface area (Å²) < 4.78 is 23.8. The van der Waals surface area contributed by atoms with Gasteiger partial charge in [0, 0.05) is 13.0 Å². The number of amides is 1. The highest BCUT2D eigenvalue weighted by molar-refractivity contribution is 5.80. The molecule has 0 bridgehead atoms. The minimum atomic E-state index is -1.00. The van der Waals surface area contributed by atoms with E-state index in [1.165, 1.54) is 12.1 Å². The number of carboxylic acids is 1. The van der Waals surface area contributed by atoms with Crippen LogP contribution >= 0.6 is 0 Å². The summed E-state index contributed by atoms with van der Waals surface area (Å²) in [5, 5.41) is 11.2. The van der Waals surface area contributed by atoms with Gasteiger partial charge in [-0.15, -0.1) is 0 Å². The standard InChI is InChI=1S/C19H20FNO5/c20-15-4-6-16(7-5-15)25-10-11-26-17-3-1-2-14(12-17)13-21-18(22)8-9-19(23)24/h1-7,12H,8-11,13H2,(H,21,22)(H,23,24). The molecular weight excluding hydrogens is 341 g/mol. The molecule has 2 rings (SSSR count). The van der Waals surface area contributed by atoms with E-state index in [1.807, 2.05) is 6.07 Å². The molecule has 0 spiro atoms. The Labute approximate surface area is 150 Å². The first kappa shape index (κ1) is 19.2. The van der Waals surface area contributed by atoms with Crippen LogP contribution in [-0.4, -0.2) is 30.2 Å². The summed E-state index contributed by atoms with van der Waals surface area (Å²) in [5.41, 5.74) is 0.839. The molecule has 0 atom stereocenters. The van der Waals surface area contributed by atoms with Gasteiger partial charge in [0.1, 0.15) is 30.5 Å². The van der Waals surface area contributed by atoms with Crippen LogP contribution in [0.4, 0.5) is 4.39 Å². The third-order valence-electron chi connectivity index (χ3n) is 3.39. The molecule has 26 heavy (non-hydrogen) atoms. The fourth-order valence-electron chi connectivity index (χ4n) is 2.10. The molecular formula is C19H20FNO5. The molecule has 0 fully saturated rings. The molecule has 0 aliphatic rings. The van der Waals surface area contributed by atoms with Gasteiger partial charge in [0.2, 0.25) is 5.91 Å². The molecule has 7 heteroatoms. The maximum Gasteiger partial charge on any atom is 0.303 e. The van der Waals surface area contributed by atoms with Crippen molar-refractivity contribution in [3.63, 3.8) is 0 Å². The van der Waals surface area contributed by atoms with Gasteiger partial charge in [-0.05, 0) is 42.0 Å². The fourth-order valence-corrected chi connectivity index (χ4v) is 2.10. The van der Waals surface area contributed by atoms with Gasteiger partial charge in [0.15, 0.2) is 0 Å². The van der Waals surface area contributed by atoms with E-state index in [9.17, 15) is 14.0 Å². The van der Waals surface area contributed by atoms with Crippen molar-refractivity contribution in [1.82, 2.24) is 5.32 Å². The molecule has 0 aliphatic heterocycles. The van der Waals surface area contributed by atoms with E-state index in [-0.39, 0.29) is 24.6 Å². The minimum absolute atomic E-state index is 0.0494.